The number of ether oxygens (including phenoxy) is 2. The molecule has 0 spiro atoms. The minimum absolute atomic E-state index is 0.0658. The molecule has 0 bridgehead atoms. The number of nitrogens with zero attached hydrogens (tertiary/aromatic N) is 1. The van der Waals surface area contributed by atoms with E-state index in [1.165, 1.54) is 4.90 Å². The van der Waals surface area contributed by atoms with Gasteiger partial charge in [0, 0.05) is 33.4 Å². The highest BCUT2D eigenvalue weighted by Crippen LogP contribution is 2.42. The number of carbonyl (C=O) groups is 2. The lowest BCUT2D eigenvalue weighted by Gasteiger charge is -2.28. The Balaban J connectivity index is 2.20. The van der Waals surface area contributed by atoms with Gasteiger partial charge in [-0.15, -0.1) is 0 Å². The van der Waals surface area contributed by atoms with E-state index in [4.69, 9.17) is 32.7 Å². The minimum Gasteiger partial charge on any atom is -0.464 e. The Morgan fingerprint density at radius 1 is 1.19 bits per heavy atom. The van der Waals surface area contributed by atoms with E-state index in [1.807, 2.05) is 13.8 Å². The highest BCUT2D eigenvalue weighted by molar-refractivity contribution is 6.31. The Kier molecular flexibility index (Phi) is 7.59. The fraction of sp³-hybridized carbons (Fsp3) is 0.391. The summed E-state index contributed by atoms with van der Waals surface area (Å²) in [6.07, 6.45) is -4.11. The van der Waals surface area contributed by atoms with Gasteiger partial charge in [0.15, 0.2) is 12.2 Å². The normalized spacial score (nSPS) is 19.7. The van der Waals surface area contributed by atoms with Crippen LogP contribution < -0.4 is 4.90 Å². The number of anilines is 1. The van der Waals surface area contributed by atoms with Crippen molar-refractivity contribution in [1.29, 1.82) is 0 Å². The molecular formula is C23H25Cl2NO5. The molecule has 8 heteroatoms. The van der Waals surface area contributed by atoms with Crippen LogP contribution in [0.5, 0.6) is 0 Å². The molecule has 0 saturated heterocycles. The second-order valence-corrected chi connectivity index (χ2v) is 8.54. The number of hydrogen-bond donors (Lipinski definition) is 1. The number of halogens is 2. The summed E-state index contributed by atoms with van der Waals surface area (Å²) in [5.41, 5.74) is 1.80. The molecule has 1 amide bonds. The highest BCUT2D eigenvalue weighted by Gasteiger charge is 2.43. The predicted octanol–water partition coefficient (Wildman–Crippen LogP) is 4.39. The molecule has 0 aromatic heterocycles. The molecule has 2 aromatic rings. The largest absolute Gasteiger partial charge is 0.464 e. The van der Waals surface area contributed by atoms with Crippen LogP contribution in [0.4, 0.5) is 5.69 Å². The van der Waals surface area contributed by atoms with Crippen molar-refractivity contribution in [2.45, 2.75) is 39.1 Å². The standard InChI is InChI=1S/C23H25Cl2NO5/c1-4-30-23(29)19(27)21-22(28)26(12-13(2)3)18-10-9-14(24)11-16(18)20(31-21)15-7-5-6-8-17(15)25/h5-11,13,19-21,27H,4,12H2,1-3H3/t19-,20?,21+/m0/s1. The monoisotopic (exact) mass is 465 g/mol. The number of fused-ring (bicyclic) bond motifs is 1. The van der Waals surface area contributed by atoms with E-state index >= 15 is 0 Å². The summed E-state index contributed by atoms with van der Waals surface area (Å²) in [4.78, 5) is 27.3. The van der Waals surface area contributed by atoms with Crippen LogP contribution in [0.25, 0.3) is 0 Å². The lowest BCUT2D eigenvalue weighted by molar-refractivity contribution is -0.168. The van der Waals surface area contributed by atoms with Crippen LogP contribution in [-0.4, -0.2) is 42.3 Å². The van der Waals surface area contributed by atoms with E-state index in [9.17, 15) is 14.7 Å². The van der Waals surface area contributed by atoms with Gasteiger partial charge in [-0.3, -0.25) is 4.79 Å². The molecule has 6 nitrogen and oxygen atoms in total. The first-order chi connectivity index (χ1) is 14.7. The molecule has 3 atom stereocenters. The number of rotatable bonds is 6. The molecule has 1 unspecified atom stereocenters. The van der Waals surface area contributed by atoms with Crippen molar-refractivity contribution in [3.63, 3.8) is 0 Å². The van der Waals surface area contributed by atoms with Gasteiger partial charge in [0.1, 0.15) is 6.10 Å². The first-order valence-corrected chi connectivity index (χ1v) is 10.9. The van der Waals surface area contributed by atoms with Gasteiger partial charge < -0.3 is 19.5 Å². The maximum atomic E-state index is 13.5. The molecule has 31 heavy (non-hydrogen) atoms. The molecule has 1 aliphatic rings. The first kappa shape index (κ1) is 23.5. The van der Waals surface area contributed by atoms with Gasteiger partial charge in [0.25, 0.3) is 5.91 Å². The molecular weight excluding hydrogens is 441 g/mol. The second-order valence-electron chi connectivity index (χ2n) is 7.70. The summed E-state index contributed by atoms with van der Waals surface area (Å²) < 4.78 is 11.1. The summed E-state index contributed by atoms with van der Waals surface area (Å²) in [5.74, 6) is -1.34. The van der Waals surface area contributed by atoms with Crippen LogP contribution in [0.1, 0.15) is 38.0 Å². The van der Waals surface area contributed by atoms with Gasteiger partial charge in [-0.1, -0.05) is 55.2 Å². The Morgan fingerprint density at radius 3 is 2.55 bits per heavy atom. The van der Waals surface area contributed by atoms with Gasteiger partial charge in [0.05, 0.1) is 6.61 Å². The number of carbonyl (C=O) groups excluding carboxylic acids is 2. The Bertz CT molecular complexity index is 965. The van der Waals surface area contributed by atoms with E-state index in [-0.39, 0.29) is 12.5 Å². The molecule has 166 valence electrons. The quantitative estimate of drug-likeness (QED) is 0.639. The number of amides is 1. The van der Waals surface area contributed by atoms with Crippen LogP contribution in [0, 0.1) is 5.92 Å². The van der Waals surface area contributed by atoms with E-state index < -0.39 is 30.2 Å². The minimum atomic E-state index is -1.79. The number of esters is 1. The summed E-state index contributed by atoms with van der Waals surface area (Å²) in [5, 5.41) is 11.6. The lowest BCUT2D eigenvalue weighted by atomic mass is 9.99. The number of hydrogen-bond acceptors (Lipinski definition) is 5. The van der Waals surface area contributed by atoms with Gasteiger partial charge in [-0.2, -0.15) is 0 Å². The third kappa shape index (κ3) is 5.04. The summed E-state index contributed by atoms with van der Waals surface area (Å²) in [7, 11) is 0. The van der Waals surface area contributed by atoms with Crippen molar-refractivity contribution in [2.75, 3.05) is 18.1 Å². The van der Waals surface area contributed by atoms with Crippen molar-refractivity contribution in [3.05, 3.63) is 63.6 Å². The summed E-state index contributed by atoms with van der Waals surface area (Å²) >= 11 is 12.7. The SMILES string of the molecule is CCOC(=O)[C@@H](O)[C@H]1OC(c2ccccc2Cl)c2cc(Cl)ccc2N(CC(C)C)C1=O. The molecule has 3 rings (SSSR count). The smallest absolute Gasteiger partial charge is 0.338 e. The molecule has 2 aromatic carbocycles. The van der Waals surface area contributed by atoms with Crippen LogP contribution in [0.2, 0.25) is 10.0 Å². The zero-order valence-electron chi connectivity index (χ0n) is 17.5. The second kappa shape index (κ2) is 10.0. The van der Waals surface area contributed by atoms with E-state index in [0.29, 0.717) is 33.4 Å². The molecule has 1 aliphatic heterocycles. The van der Waals surface area contributed by atoms with Crippen molar-refractivity contribution < 1.29 is 24.2 Å². The Labute approximate surface area is 191 Å². The molecule has 0 radical (unpaired) electrons. The summed E-state index contributed by atoms with van der Waals surface area (Å²) in [6, 6.07) is 12.2. The predicted molar refractivity (Wildman–Crippen MR) is 119 cm³/mol. The highest BCUT2D eigenvalue weighted by atomic mass is 35.5. The van der Waals surface area contributed by atoms with Gasteiger partial charge in [-0.05, 0) is 37.1 Å². The average molecular weight is 466 g/mol. The molecule has 1 heterocycles. The van der Waals surface area contributed by atoms with Crippen molar-refractivity contribution >= 4 is 40.8 Å². The molecule has 1 N–H and O–H groups in total. The van der Waals surface area contributed by atoms with Crippen molar-refractivity contribution in [3.8, 4) is 0 Å². The van der Waals surface area contributed by atoms with Gasteiger partial charge in [-0.25, -0.2) is 4.79 Å². The van der Waals surface area contributed by atoms with E-state index in [0.717, 1.165) is 0 Å². The van der Waals surface area contributed by atoms with Crippen molar-refractivity contribution in [2.24, 2.45) is 5.92 Å². The Hall–Kier alpha value is -2.12. The van der Waals surface area contributed by atoms with E-state index in [2.05, 4.69) is 0 Å². The van der Waals surface area contributed by atoms with Crippen LogP contribution in [0.15, 0.2) is 42.5 Å². The molecule has 0 aliphatic carbocycles. The number of aliphatic hydroxyl groups excluding tert-OH is 1. The maximum Gasteiger partial charge on any atom is 0.338 e. The topological polar surface area (TPSA) is 76.1 Å². The van der Waals surface area contributed by atoms with Gasteiger partial charge >= 0.3 is 5.97 Å². The number of aliphatic hydroxyl groups is 1. The fourth-order valence-corrected chi connectivity index (χ4v) is 3.99. The lowest BCUT2D eigenvalue weighted by Crippen LogP contribution is -2.49. The zero-order valence-corrected chi connectivity index (χ0v) is 19.1. The number of benzene rings is 2. The third-order valence-electron chi connectivity index (χ3n) is 4.91. The van der Waals surface area contributed by atoms with Crippen molar-refractivity contribution in [1.82, 2.24) is 0 Å². The van der Waals surface area contributed by atoms with Gasteiger partial charge in [0.2, 0.25) is 0 Å². The van der Waals surface area contributed by atoms with Crippen LogP contribution in [0.3, 0.4) is 0 Å². The first-order valence-electron chi connectivity index (χ1n) is 10.1. The molecule has 0 saturated carbocycles. The average Bonchev–Trinajstić information content (AvgIpc) is 2.83. The van der Waals surface area contributed by atoms with Crippen LogP contribution in [-0.2, 0) is 19.1 Å². The summed E-state index contributed by atoms with van der Waals surface area (Å²) in [6.45, 7) is 5.98. The fourth-order valence-electron chi connectivity index (χ4n) is 3.57. The van der Waals surface area contributed by atoms with E-state index in [1.54, 1.807) is 49.4 Å². The third-order valence-corrected chi connectivity index (χ3v) is 5.48. The van der Waals surface area contributed by atoms with Crippen LogP contribution >= 0.6 is 23.2 Å². The molecule has 0 fully saturated rings. The maximum absolute atomic E-state index is 13.5. The zero-order chi connectivity index (χ0) is 22.7. The Morgan fingerprint density at radius 2 is 1.90 bits per heavy atom.